The Bertz CT molecular complexity index is 416. The fraction of sp³-hybridized carbons (Fsp3) is 0.600. The fourth-order valence-corrected chi connectivity index (χ4v) is 2.37. The summed E-state index contributed by atoms with van der Waals surface area (Å²) in [4.78, 5) is 20.7. The quantitative estimate of drug-likeness (QED) is 0.790. The van der Waals surface area contributed by atoms with Gasteiger partial charge in [-0.25, -0.2) is 4.98 Å². The lowest BCUT2D eigenvalue weighted by atomic mass is 10.1. The molecule has 1 aromatic rings. The Balaban J connectivity index is 2.30. The van der Waals surface area contributed by atoms with Crippen LogP contribution in [0.15, 0.2) is 11.1 Å². The highest BCUT2D eigenvalue weighted by atomic mass is 127. The van der Waals surface area contributed by atoms with E-state index in [9.17, 15) is 4.79 Å². The van der Waals surface area contributed by atoms with Gasteiger partial charge in [-0.1, -0.05) is 6.92 Å². The van der Waals surface area contributed by atoms with E-state index in [2.05, 4.69) is 49.7 Å². The number of halogens is 1. The minimum Gasteiger partial charge on any atom is -0.350 e. The molecule has 0 bridgehead atoms. The summed E-state index contributed by atoms with van der Waals surface area (Å²) in [7, 11) is 0. The molecule has 88 valence electrons. The van der Waals surface area contributed by atoms with Gasteiger partial charge in [-0.3, -0.25) is 4.79 Å². The van der Waals surface area contributed by atoms with Crippen LogP contribution >= 0.6 is 22.6 Å². The zero-order valence-corrected chi connectivity index (χ0v) is 11.3. The molecule has 0 radical (unpaired) electrons. The average molecular weight is 334 g/mol. The van der Waals surface area contributed by atoms with Gasteiger partial charge in [-0.15, -0.1) is 0 Å². The number of aromatic amines is 1. The first-order valence-electron chi connectivity index (χ1n) is 5.44. The SMILES string of the molecule is CCCN(c1nc[nH]c(=O)c1I)C1CNC1. The Kier molecular flexibility index (Phi) is 3.80. The summed E-state index contributed by atoms with van der Waals surface area (Å²) in [6.45, 7) is 5.03. The largest absolute Gasteiger partial charge is 0.350 e. The zero-order chi connectivity index (χ0) is 11.5. The van der Waals surface area contributed by atoms with Gasteiger partial charge in [0.05, 0.1) is 12.4 Å². The maximum absolute atomic E-state index is 11.5. The summed E-state index contributed by atoms with van der Waals surface area (Å²) in [5, 5.41) is 3.25. The molecule has 6 heteroatoms. The highest BCUT2D eigenvalue weighted by Crippen LogP contribution is 2.20. The first kappa shape index (κ1) is 11.8. The highest BCUT2D eigenvalue weighted by Gasteiger charge is 2.26. The van der Waals surface area contributed by atoms with E-state index in [0.29, 0.717) is 9.61 Å². The third-order valence-electron chi connectivity index (χ3n) is 2.72. The van der Waals surface area contributed by atoms with Crippen molar-refractivity contribution in [3.05, 3.63) is 20.3 Å². The van der Waals surface area contributed by atoms with Gasteiger partial charge in [0.1, 0.15) is 9.39 Å². The van der Waals surface area contributed by atoms with E-state index in [4.69, 9.17) is 0 Å². The predicted molar refractivity (Wildman–Crippen MR) is 71.9 cm³/mol. The van der Waals surface area contributed by atoms with Crippen molar-refractivity contribution >= 4 is 28.4 Å². The lowest BCUT2D eigenvalue weighted by molar-refractivity contribution is 0.409. The minimum absolute atomic E-state index is 0.0565. The van der Waals surface area contributed by atoms with E-state index < -0.39 is 0 Å². The van der Waals surface area contributed by atoms with Crippen LogP contribution in [0, 0.1) is 3.57 Å². The Hall–Kier alpha value is -0.630. The summed E-state index contributed by atoms with van der Waals surface area (Å²) in [6.07, 6.45) is 2.54. The summed E-state index contributed by atoms with van der Waals surface area (Å²) >= 11 is 2.07. The van der Waals surface area contributed by atoms with E-state index >= 15 is 0 Å². The van der Waals surface area contributed by atoms with Crippen molar-refractivity contribution in [2.24, 2.45) is 0 Å². The van der Waals surface area contributed by atoms with Crippen LogP contribution < -0.4 is 15.8 Å². The fourth-order valence-electron chi connectivity index (χ4n) is 1.77. The van der Waals surface area contributed by atoms with Crippen molar-refractivity contribution in [3.8, 4) is 0 Å². The number of rotatable bonds is 4. The van der Waals surface area contributed by atoms with Crippen LogP contribution in [0.5, 0.6) is 0 Å². The first-order chi connectivity index (χ1) is 7.74. The summed E-state index contributed by atoms with van der Waals surface area (Å²) in [5.74, 6) is 0.817. The molecule has 5 nitrogen and oxygen atoms in total. The van der Waals surface area contributed by atoms with E-state index in [1.54, 1.807) is 0 Å². The standard InChI is InChI=1S/C10H15IN4O/c1-2-3-15(7-4-12-5-7)9-8(11)10(16)14-6-13-9/h6-7,12H,2-5H2,1H3,(H,13,14,16). The molecule has 0 aliphatic carbocycles. The number of hydrogen-bond acceptors (Lipinski definition) is 4. The molecule has 0 unspecified atom stereocenters. The third-order valence-corrected chi connectivity index (χ3v) is 3.69. The van der Waals surface area contributed by atoms with Crippen molar-refractivity contribution < 1.29 is 0 Å². The molecule has 1 saturated heterocycles. The van der Waals surface area contributed by atoms with Crippen LogP contribution in [0.2, 0.25) is 0 Å². The molecule has 2 heterocycles. The smallest absolute Gasteiger partial charge is 0.266 e. The number of aromatic nitrogens is 2. The van der Waals surface area contributed by atoms with Crippen molar-refractivity contribution in [2.75, 3.05) is 24.5 Å². The van der Waals surface area contributed by atoms with Gasteiger partial charge in [-0.2, -0.15) is 0 Å². The predicted octanol–water partition coefficient (Wildman–Crippen LogP) is 0.563. The number of H-pyrrole nitrogens is 1. The lowest BCUT2D eigenvalue weighted by Crippen LogP contribution is -2.58. The molecule has 1 aromatic heterocycles. The van der Waals surface area contributed by atoms with Gasteiger partial charge in [0.15, 0.2) is 0 Å². The molecule has 0 aromatic carbocycles. The normalized spacial score (nSPS) is 15.9. The lowest BCUT2D eigenvalue weighted by Gasteiger charge is -2.39. The van der Waals surface area contributed by atoms with Crippen LogP contribution in [0.1, 0.15) is 13.3 Å². The van der Waals surface area contributed by atoms with Gasteiger partial charge in [0, 0.05) is 19.6 Å². The summed E-state index contributed by atoms with van der Waals surface area (Å²) < 4.78 is 0.681. The number of anilines is 1. The van der Waals surface area contributed by atoms with Crippen molar-refractivity contribution in [1.29, 1.82) is 0 Å². The van der Waals surface area contributed by atoms with E-state index in [0.717, 1.165) is 31.9 Å². The second-order valence-electron chi connectivity index (χ2n) is 3.87. The van der Waals surface area contributed by atoms with E-state index in [1.807, 2.05) is 0 Å². The Labute approximate surface area is 108 Å². The molecule has 2 N–H and O–H groups in total. The second-order valence-corrected chi connectivity index (χ2v) is 4.95. The molecular weight excluding hydrogens is 319 g/mol. The highest BCUT2D eigenvalue weighted by molar-refractivity contribution is 14.1. The van der Waals surface area contributed by atoms with Gasteiger partial charge >= 0.3 is 0 Å². The van der Waals surface area contributed by atoms with E-state index in [1.165, 1.54) is 6.33 Å². The minimum atomic E-state index is -0.0565. The Morgan fingerprint density at radius 3 is 2.94 bits per heavy atom. The maximum Gasteiger partial charge on any atom is 0.266 e. The molecule has 16 heavy (non-hydrogen) atoms. The number of nitrogens with zero attached hydrogens (tertiary/aromatic N) is 2. The van der Waals surface area contributed by atoms with Crippen molar-refractivity contribution in [2.45, 2.75) is 19.4 Å². The molecule has 1 aliphatic rings. The molecule has 2 rings (SSSR count). The van der Waals surface area contributed by atoms with Crippen LogP contribution in [0.25, 0.3) is 0 Å². The van der Waals surface area contributed by atoms with Gasteiger partial charge < -0.3 is 15.2 Å². The Morgan fingerprint density at radius 1 is 1.62 bits per heavy atom. The first-order valence-corrected chi connectivity index (χ1v) is 6.52. The molecule has 0 spiro atoms. The van der Waals surface area contributed by atoms with E-state index in [-0.39, 0.29) is 5.56 Å². The second kappa shape index (κ2) is 5.13. The summed E-state index contributed by atoms with van der Waals surface area (Å²) in [6, 6.07) is 0.475. The molecular formula is C10H15IN4O. The van der Waals surface area contributed by atoms with Crippen LogP contribution in [-0.2, 0) is 0 Å². The van der Waals surface area contributed by atoms with Crippen LogP contribution in [-0.4, -0.2) is 35.6 Å². The van der Waals surface area contributed by atoms with Crippen molar-refractivity contribution in [3.63, 3.8) is 0 Å². The molecule has 0 saturated carbocycles. The van der Waals surface area contributed by atoms with Crippen molar-refractivity contribution in [1.82, 2.24) is 15.3 Å². The molecule has 0 amide bonds. The van der Waals surface area contributed by atoms with Gasteiger partial charge in [0.2, 0.25) is 0 Å². The number of nitrogens with one attached hydrogen (secondary N) is 2. The molecule has 1 fully saturated rings. The monoisotopic (exact) mass is 334 g/mol. The Morgan fingerprint density at radius 2 is 2.38 bits per heavy atom. The van der Waals surface area contributed by atoms with Gasteiger partial charge in [-0.05, 0) is 29.0 Å². The number of hydrogen-bond donors (Lipinski definition) is 2. The van der Waals surface area contributed by atoms with Gasteiger partial charge in [0.25, 0.3) is 5.56 Å². The molecule has 0 atom stereocenters. The zero-order valence-electron chi connectivity index (χ0n) is 9.16. The summed E-state index contributed by atoms with van der Waals surface area (Å²) in [5.41, 5.74) is -0.0565. The maximum atomic E-state index is 11.5. The topological polar surface area (TPSA) is 61.0 Å². The average Bonchev–Trinajstić information content (AvgIpc) is 2.19. The van der Waals surface area contributed by atoms with Crippen LogP contribution in [0.3, 0.4) is 0 Å². The van der Waals surface area contributed by atoms with Crippen LogP contribution in [0.4, 0.5) is 5.82 Å². The molecule has 1 aliphatic heterocycles. The third kappa shape index (κ3) is 2.22.